The summed E-state index contributed by atoms with van der Waals surface area (Å²) in [5.41, 5.74) is 0.657. The minimum Gasteiger partial charge on any atom is -0.480 e. The number of aliphatic carboxylic acids is 1. The fraction of sp³-hybridized carbons (Fsp3) is 0.167. The topological polar surface area (TPSA) is 66.4 Å². The number of rotatable bonds is 4. The highest BCUT2D eigenvalue weighted by Crippen LogP contribution is 2.04. The number of hydrogen-bond donors (Lipinski definition) is 2. The average Bonchev–Trinajstić information content (AvgIpc) is 2.28. The number of carbonyl (C=O) groups excluding carboxylic acids is 1. The molecule has 0 unspecified atom stereocenters. The summed E-state index contributed by atoms with van der Waals surface area (Å²) in [5.74, 6) is -1.97. The van der Waals surface area contributed by atoms with Crippen molar-refractivity contribution < 1.29 is 19.1 Å². The molecule has 0 aromatic heterocycles. The third kappa shape index (κ3) is 4.46. The lowest BCUT2D eigenvalue weighted by molar-refractivity contribution is -0.140. The Labute approximate surface area is 97.8 Å². The molecule has 0 radical (unpaired) electrons. The maximum Gasteiger partial charge on any atom is 0.325 e. The van der Waals surface area contributed by atoms with Crippen molar-refractivity contribution in [3.8, 4) is 0 Å². The highest BCUT2D eigenvalue weighted by molar-refractivity contribution is 5.94. The van der Waals surface area contributed by atoms with E-state index in [1.807, 2.05) is 0 Å². The van der Waals surface area contributed by atoms with Crippen LogP contribution >= 0.6 is 0 Å². The third-order valence-corrected chi connectivity index (χ3v) is 2.03. The molecule has 5 heteroatoms. The van der Waals surface area contributed by atoms with Gasteiger partial charge in [0.2, 0.25) is 5.91 Å². The van der Waals surface area contributed by atoms with E-state index in [-0.39, 0.29) is 5.82 Å². The van der Waals surface area contributed by atoms with Crippen LogP contribution in [0.25, 0.3) is 6.08 Å². The number of halogens is 1. The first-order valence-electron chi connectivity index (χ1n) is 4.96. The zero-order chi connectivity index (χ0) is 12.8. The van der Waals surface area contributed by atoms with Gasteiger partial charge in [0.1, 0.15) is 11.9 Å². The van der Waals surface area contributed by atoms with Gasteiger partial charge in [-0.15, -0.1) is 0 Å². The molecule has 0 aliphatic rings. The molecule has 0 saturated carbocycles. The fourth-order valence-electron chi connectivity index (χ4n) is 1.07. The summed E-state index contributed by atoms with van der Waals surface area (Å²) in [6.07, 6.45) is 2.68. The molecule has 1 aromatic carbocycles. The van der Waals surface area contributed by atoms with Crippen LogP contribution in [0.1, 0.15) is 12.5 Å². The number of carbonyl (C=O) groups is 2. The highest BCUT2D eigenvalue weighted by atomic mass is 19.1. The van der Waals surface area contributed by atoms with E-state index in [9.17, 15) is 14.0 Å². The largest absolute Gasteiger partial charge is 0.480 e. The summed E-state index contributed by atoms with van der Waals surface area (Å²) in [6, 6.07) is 4.63. The normalized spacial score (nSPS) is 12.4. The standard InChI is InChI=1S/C12H12FNO3/c1-8(12(16)17)14-11(15)7-4-9-2-5-10(13)6-3-9/h2-8H,1H3,(H,14,15)(H,16,17)/b7-4+/t8-/m1/s1. The van der Waals surface area contributed by atoms with Crippen LogP contribution in [0.5, 0.6) is 0 Å². The maximum atomic E-state index is 12.6. The SMILES string of the molecule is C[C@@H](NC(=O)/C=C/c1ccc(F)cc1)C(=O)O. The number of carboxylic acid groups (broad SMARTS) is 1. The minimum absolute atomic E-state index is 0.355. The van der Waals surface area contributed by atoms with Crippen molar-refractivity contribution in [1.29, 1.82) is 0 Å². The van der Waals surface area contributed by atoms with Gasteiger partial charge in [0.25, 0.3) is 0 Å². The molecule has 1 amide bonds. The van der Waals surface area contributed by atoms with Gasteiger partial charge < -0.3 is 10.4 Å². The zero-order valence-electron chi connectivity index (χ0n) is 9.18. The van der Waals surface area contributed by atoms with E-state index >= 15 is 0 Å². The van der Waals surface area contributed by atoms with Crippen molar-refractivity contribution in [2.75, 3.05) is 0 Å². The Morgan fingerprint density at radius 1 is 1.35 bits per heavy atom. The number of nitrogens with one attached hydrogen (secondary N) is 1. The monoisotopic (exact) mass is 237 g/mol. The molecule has 1 atom stereocenters. The molecular weight excluding hydrogens is 225 g/mol. The predicted molar refractivity (Wildman–Crippen MR) is 60.7 cm³/mol. The van der Waals surface area contributed by atoms with Gasteiger partial charge >= 0.3 is 5.97 Å². The predicted octanol–water partition coefficient (Wildman–Crippen LogP) is 1.43. The molecule has 0 fully saturated rings. The van der Waals surface area contributed by atoms with Crippen LogP contribution in [0.2, 0.25) is 0 Å². The van der Waals surface area contributed by atoms with Crippen LogP contribution in [-0.4, -0.2) is 23.0 Å². The van der Waals surface area contributed by atoms with Crippen LogP contribution in [0.4, 0.5) is 4.39 Å². The second-order valence-corrected chi connectivity index (χ2v) is 3.45. The van der Waals surface area contributed by atoms with Crippen LogP contribution in [0.3, 0.4) is 0 Å². The summed E-state index contributed by atoms with van der Waals surface area (Å²) >= 11 is 0. The maximum absolute atomic E-state index is 12.6. The zero-order valence-corrected chi connectivity index (χ0v) is 9.18. The van der Waals surface area contributed by atoms with E-state index in [1.54, 1.807) is 0 Å². The van der Waals surface area contributed by atoms with Crippen molar-refractivity contribution in [2.24, 2.45) is 0 Å². The molecular formula is C12H12FNO3. The first-order valence-corrected chi connectivity index (χ1v) is 4.96. The van der Waals surface area contributed by atoms with Crippen LogP contribution in [0, 0.1) is 5.82 Å². The molecule has 2 N–H and O–H groups in total. The van der Waals surface area contributed by atoms with Crippen molar-refractivity contribution in [2.45, 2.75) is 13.0 Å². The van der Waals surface area contributed by atoms with E-state index in [1.165, 1.54) is 43.3 Å². The van der Waals surface area contributed by atoms with Gasteiger partial charge in [0, 0.05) is 6.08 Å². The summed E-state index contributed by atoms with van der Waals surface area (Å²) < 4.78 is 12.6. The molecule has 1 aromatic rings. The van der Waals surface area contributed by atoms with E-state index < -0.39 is 17.9 Å². The van der Waals surface area contributed by atoms with E-state index in [0.29, 0.717) is 5.56 Å². The first kappa shape index (κ1) is 12.9. The van der Waals surface area contributed by atoms with Gasteiger partial charge in [-0.25, -0.2) is 4.39 Å². The Kier molecular flexibility index (Phi) is 4.39. The van der Waals surface area contributed by atoms with Crippen molar-refractivity contribution in [3.63, 3.8) is 0 Å². The van der Waals surface area contributed by atoms with Crippen LogP contribution in [-0.2, 0) is 9.59 Å². The summed E-state index contributed by atoms with van der Waals surface area (Å²) in [7, 11) is 0. The quantitative estimate of drug-likeness (QED) is 0.778. The molecule has 90 valence electrons. The summed E-state index contributed by atoms with van der Waals surface area (Å²) in [4.78, 5) is 21.7. The average molecular weight is 237 g/mol. The Balaban J connectivity index is 2.56. The Morgan fingerprint density at radius 2 is 1.94 bits per heavy atom. The third-order valence-electron chi connectivity index (χ3n) is 2.03. The minimum atomic E-state index is -1.10. The Hall–Kier alpha value is -2.17. The second-order valence-electron chi connectivity index (χ2n) is 3.45. The Morgan fingerprint density at radius 3 is 2.47 bits per heavy atom. The molecule has 1 rings (SSSR count). The molecule has 0 bridgehead atoms. The lowest BCUT2D eigenvalue weighted by Crippen LogP contribution is -2.37. The molecule has 0 saturated heterocycles. The summed E-state index contributed by atoms with van der Waals surface area (Å²) in [6.45, 7) is 1.37. The van der Waals surface area contributed by atoms with Crippen molar-refractivity contribution >= 4 is 18.0 Å². The first-order chi connectivity index (χ1) is 7.99. The molecule has 17 heavy (non-hydrogen) atoms. The van der Waals surface area contributed by atoms with Crippen LogP contribution < -0.4 is 5.32 Å². The molecule has 0 aliphatic heterocycles. The molecule has 0 spiro atoms. The van der Waals surface area contributed by atoms with Gasteiger partial charge in [-0.1, -0.05) is 12.1 Å². The Bertz CT molecular complexity index is 440. The van der Waals surface area contributed by atoms with E-state index in [4.69, 9.17) is 5.11 Å². The second kappa shape index (κ2) is 5.79. The van der Waals surface area contributed by atoms with Gasteiger partial charge in [-0.2, -0.15) is 0 Å². The molecule has 4 nitrogen and oxygen atoms in total. The van der Waals surface area contributed by atoms with Gasteiger partial charge in [-0.05, 0) is 30.7 Å². The van der Waals surface area contributed by atoms with Crippen molar-refractivity contribution in [3.05, 3.63) is 41.7 Å². The van der Waals surface area contributed by atoms with Crippen molar-refractivity contribution in [1.82, 2.24) is 5.32 Å². The van der Waals surface area contributed by atoms with Gasteiger partial charge in [0.15, 0.2) is 0 Å². The lowest BCUT2D eigenvalue weighted by Gasteiger charge is -2.05. The molecule has 0 heterocycles. The lowest BCUT2D eigenvalue weighted by atomic mass is 10.2. The van der Waals surface area contributed by atoms with Gasteiger partial charge in [0.05, 0.1) is 0 Å². The van der Waals surface area contributed by atoms with E-state index in [0.717, 1.165) is 0 Å². The molecule has 0 aliphatic carbocycles. The van der Waals surface area contributed by atoms with Gasteiger partial charge in [-0.3, -0.25) is 9.59 Å². The van der Waals surface area contributed by atoms with E-state index in [2.05, 4.69) is 5.32 Å². The number of hydrogen-bond acceptors (Lipinski definition) is 2. The fourth-order valence-corrected chi connectivity index (χ4v) is 1.07. The number of benzene rings is 1. The smallest absolute Gasteiger partial charge is 0.325 e. The number of carboxylic acids is 1. The number of amides is 1. The van der Waals surface area contributed by atoms with Crippen LogP contribution in [0.15, 0.2) is 30.3 Å². The summed E-state index contributed by atoms with van der Waals surface area (Å²) in [5, 5.41) is 10.8. The highest BCUT2D eigenvalue weighted by Gasteiger charge is 2.11.